The first-order valence-electron chi connectivity index (χ1n) is 8.55. The van der Waals surface area contributed by atoms with E-state index in [4.69, 9.17) is 4.74 Å². The van der Waals surface area contributed by atoms with Crippen LogP contribution in [0.2, 0.25) is 0 Å². The zero-order valence-electron chi connectivity index (χ0n) is 14.2. The van der Waals surface area contributed by atoms with Gasteiger partial charge >= 0.3 is 0 Å². The lowest BCUT2D eigenvalue weighted by Crippen LogP contribution is -2.48. The van der Waals surface area contributed by atoms with Crippen LogP contribution in [0.4, 0.5) is 16.2 Å². The second-order valence-corrected chi connectivity index (χ2v) is 6.82. The van der Waals surface area contributed by atoms with Crippen molar-refractivity contribution in [1.82, 2.24) is 20.2 Å². The summed E-state index contributed by atoms with van der Waals surface area (Å²) < 4.78 is 19.1. The lowest BCUT2D eigenvalue weighted by Gasteiger charge is -2.40. The van der Waals surface area contributed by atoms with Crippen LogP contribution in [0, 0.1) is 12.7 Å². The van der Waals surface area contributed by atoms with Crippen LogP contribution in [-0.4, -0.2) is 51.5 Å². The Kier molecular flexibility index (Phi) is 4.20. The fourth-order valence-electron chi connectivity index (χ4n) is 3.64. The molecule has 0 aliphatic carbocycles. The highest BCUT2D eigenvalue weighted by Gasteiger charge is 2.44. The number of piperidine rings is 1. The molecule has 2 aliphatic heterocycles. The van der Waals surface area contributed by atoms with Crippen molar-refractivity contribution >= 4 is 11.8 Å². The highest BCUT2D eigenvalue weighted by Crippen LogP contribution is 2.36. The molecule has 2 unspecified atom stereocenters. The van der Waals surface area contributed by atoms with E-state index in [-0.39, 0.29) is 11.6 Å². The summed E-state index contributed by atoms with van der Waals surface area (Å²) in [5.41, 5.74) is 0.721. The molecule has 2 atom stereocenters. The molecular weight excluding hydrogens is 323 g/mol. The van der Waals surface area contributed by atoms with E-state index in [1.54, 1.807) is 0 Å². The summed E-state index contributed by atoms with van der Waals surface area (Å²) in [5, 5.41) is 11.7. The van der Waals surface area contributed by atoms with E-state index in [0.29, 0.717) is 12.6 Å². The van der Waals surface area contributed by atoms with Crippen molar-refractivity contribution in [2.45, 2.75) is 37.8 Å². The third kappa shape index (κ3) is 3.53. The molecule has 7 nitrogen and oxygen atoms in total. The Balaban J connectivity index is 1.42. The van der Waals surface area contributed by atoms with Crippen molar-refractivity contribution in [2.75, 3.05) is 29.9 Å². The molecule has 2 fully saturated rings. The minimum atomic E-state index is -0.438. The molecule has 2 saturated heterocycles. The second-order valence-electron chi connectivity index (χ2n) is 6.82. The first kappa shape index (κ1) is 16.1. The Morgan fingerprint density at radius 3 is 2.88 bits per heavy atom. The van der Waals surface area contributed by atoms with Gasteiger partial charge in [-0.1, -0.05) is 0 Å². The van der Waals surface area contributed by atoms with Crippen LogP contribution in [0.3, 0.4) is 0 Å². The molecule has 1 spiro atoms. The van der Waals surface area contributed by atoms with Crippen LogP contribution in [-0.2, 0) is 4.74 Å². The van der Waals surface area contributed by atoms with Crippen LogP contribution in [0.1, 0.15) is 25.0 Å². The zero-order chi connectivity index (χ0) is 17.3. The van der Waals surface area contributed by atoms with E-state index in [9.17, 15) is 4.39 Å². The summed E-state index contributed by atoms with van der Waals surface area (Å²) in [7, 11) is 0. The number of halogens is 1. The van der Waals surface area contributed by atoms with E-state index in [1.165, 1.54) is 12.4 Å². The first-order valence-corrected chi connectivity index (χ1v) is 8.55. The lowest BCUT2D eigenvalue weighted by atomic mass is 9.88. The molecule has 2 aromatic heterocycles. The number of rotatable bonds is 3. The monoisotopic (exact) mass is 344 g/mol. The van der Waals surface area contributed by atoms with Gasteiger partial charge in [0.25, 0.3) is 0 Å². The third-order valence-electron chi connectivity index (χ3n) is 4.81. The number of hydrogen-bond donors (Lipinski definition) is 1. The van der Waals surface area contributed by atoms with Gasteiger partial charge in [0.05, 0.1) is 36.3 Å². The molecule has 25 heavy (non-hydrogen) atoms. The van der Waals surface area contributed by atoms with Crippen molar-refractivity contribution in [3.8, 4) is 0 Å². The molecule has 1 N–H and O–H groups in total. The number of anilines is 2. The standard InChI is InChI=1S/C17H21FN6O/c1-12-3-4-15(23-22-12)24-6-2-5-17(11-24)7-14(10-25-17)21-16-19-8-13(18)9-20-16/h3-4,8-9,14H,2,5-7,10-11H2,1H3,(H,19,20,21). The molecule has 8 heteroatoms. The first-order chi connectivity index (χ1) is 12.1. The van der Waals surface area contributed by atoms with Gasteiger partial charge in [-0.3, -0.25) is 0 Å². The summed E-state index contributed by atoms with van der Waals surface area (Å²) in [5.74, 6) is 0.891. The third-order valence-corrected chi connectivity index (χ3v) is 4.81. The van der Waals surface area contributed by atoms with Crippen molar-refractivity contribution in [2.24, 2.45) is 0 Å². The zero-order valence-corrected chi connectivity index (χ0v) is 14.2. The Hall–Kier alpha value is -2.35. The average Bonchev–Trinajstić information content (AvgIpc) is 2.99. The van der Waals surface area contributed by atoms with Gasteiger partial charge in [0.2, 0.25) is 5.95 Å². The molecule has 2 aromatic rings. The molecule has 0 saturated carbocycles. The summed E-state index contributed by atoms with van der Waals surface area (Å²) in [6, 6.07) is 4.11. The maximum atomic E-state index is 12.9. The van der Waals surface area contributed by atoms with Gasteiger partial charge in [-0.25, -0.2) is 14.4 Å². The second kappa shape index (κ2) is 6.51. The molecule has 0 aromatic carbocycles. The topological polar surface area (TPSA) is 76.1 Å². The Morgan fingerprint density at radius 1 is 1.28 bits per heavy atom. The van der Waals surface area contributed by atoms with Crippen LogP contribution in [0.15, 0.2) is 24.5 Å². The summed E-state index contributed by atoms with van der Waals surface area (Å²) in [6.45, 7) is 4.28. The Bertz CT molecular complexity index is 725. The Morgan fingerprint density at radius 2 is 2.12 bits per heavy atom. The van der Waals surface area contributed by atoms with Crippen LogP contribution in [0.5, 0.6) is 0 Å². The van der Waals surface area contributed by atoms with Gasteiger partial charge in [0, 0.05) is 19.5 Å². The molecule has 0 bridgehead atoms. The van der Waals surface area contributed by atoms with Crippen LogP contribution >= 0.6 is 0 Å². The highest BCUT2D eigenvalue weighted by molar-refractivity contribution is 5.39. The number of hydrogen-bond acceptors (Lipinski definition) is 7. The molecular formula is C17H21FN6O. The quantitative estimate of drug-likeness (QED) is 0.912. The van der Waals surface area contributed by atoms with E-state index in [1.807, 2.05) is 19.1 Å². The van der Waals surface area contributed by atoms with Gasteiger partial charge in [-0.2, -0.15) is 5.10 Å². The summed E-state index contributed by atoms with van der Waals surface area (Å²) >= 11 is 0. The van der Waals surface area contributed by atoms with Crippen molar-refractivity contribution in [3.05, 3.63) is 36.0 Å². The molecule has 0 amide bonds. The molecule has 0 radical (unpaired) electrons. The number of aromatic nitrogens is 4. The Labute approximate surface area is 145 Å². The minimum absolute atomic E-state index is 0.120. The average molecular weight is 344 g/mol. The molecule has 132 valence electrons. The maximum absolute atomic E-state index is 12.9. The number of aryl methyl sites for hydroxylation is 1. The number of nitrogens with one attached hydrogen (secondary N) is 1. The lowest BCUT2D eigenvalue weighted by molar-refractivity contribution is -0.00654. The predicted molar refractivity (Wildman–Crippen MR) is 90.9 cm³/mol. The van der Waals surface area contributed by atoms with Gasteiger partial charge in [-0.05, 0) is 31.9 Å². The summed E-state index contributed by atoms with van der Waals surface area (Å²) in [6.07, 6.45) is 5.27. The number of nitrogens with zero attached hydrogens (tertiary/aromatic N) is 5. The largest absolute Gasteiger partial charge is 0.371 e. The van der Waals surface area contributed by atoms with Gasteiger partial charge in [-0.15, -0.1) is 5.10 Å². The van der Waals surface area contributed by atoms with E-state index < -0.39 is 5.82 Å². The highest BCUT2D eigenvalue weighted by atomic mass is 19.1. The van der Waals surface area contributed by atoms with Crippen molar-refractivity contribution in [1.29, 1.82) is 0 Å². The van der Waals surface area contributed by atoms with Gasteiger partial charge in [0.1, 0.15) is 0 Å². The maximum Gasteiger partial charge on any atom is 0.223 e. The van der Waals surface area contributed by atoms with Crippen molar-refractivity contribution < 1.29 is 9.13 Å². The summed E-state index contributed by atoms with van der Waals surface area (Å²) in [4.78, 5) is 10.2. The SMILES string of the molecule is Cc1ccc(N2CCCC3(CC(Nc4ncc(F)cn4)CO3)C2)nn1. The van der Waals surface area contributed by atoms with E-state index >= 15 is 0 Å². The normalized spacial score (nSPS) is 26.2. The van der Waals surface area contributed by atoms with Crippen LogP contribution in [0.25, 0.3) is 0 Å². The predicted octanol–water partition coefficient (Wildman–Crippen LogP) is 1.95. The fraction of sp³-hybridized carbons (Fsp3) is 0.529. The number of ether oxygens (including phenoxy) is 1. The fourth-order valence-corrected chi connectivity index (χ4v) is 3.64. The molecule has 4 rings (SSSR count). The van der Waals surface area contributed by atoms with E-state index in [2.05, 4.69) is 30.4 Å². The van der Waals surface area contributed by atoms with Gasteiger partial charge in [0.15, 0.2) is 11.6 Å². The van der Waals surface area contributed by atoms with Crippen LogP contribution < -0.4 is 10.2 Å². The van der Waals surface area contributed by atoms with E-state index in [0.717, 1.165) is 43.9 Å². The minimum Gasteiger partial charge on any atom is -0.371 e. The molecule has 2 aliphatic rings. The van der Waals surface area contributed by atoms with Gasteiger partial charge < -0.3 is 15.0 Å². The smallest absolute Gasteiger partial charge is 0.223 e. The van der Waals surface area contributed by atoms with Crippen molar-refractivity contribution in [3.63, 3.8) is 0 Å². The molecule has 4 heterocycles.